The summed E-state index contributed by atoms with van der Waals surface area (Å²) < 4.78 is 5.31. The molecule has 21 heavy (non-hydrogen) atoms. The molecule has 1 aromatic heterocycles. The van der Waals surface area contributed by atoms with Gasteiger partial charge in [0.2, 0.25) is 0 Å². The van der Waals surface area contributed by atoms with Crippen LogP contribution in [0.15, 0.2) is 12.1 Å². The predicted octanol–water partition coefficient (Wildman–Crippen LogP) is 3.52. The number of carbonyl (C=O) groups excluding carboxylic acids is 1. The van der Waals surface area contributed by atoms with Crippen LogP contribution in [0.4, 0.5) is 0 Å². The number of carbonyl (C=O) groups is 1. The predicted molar refractivity (Wildman–Crippen MR) is 87.6 cm³/mol. The van der Waals surface area contributed by atoms with Gasteiger partial charge in [0.1, 0.15) is 5.69 Å². The second kappa shape index (κ2) is 10.3. The quantitative estimate of drug-likeness (QED) is 0.908. The zero-order chi connectivity index (χ0) is 16.4. The first-order chi connectivity index (χ1) is 10.1. The summed E-state index contributed by atoms with van der Waals surface area (Å²) in [6, 6.07) is 3.79. The summed E-state index contributed by atoms with van der Waals surface area (Å²) in [5, 5.41) is 2.97. The highest BCUT2D eigenvalue weighted by atomic mass is 16.5. The maximum Gasteiger partial charge on any atom is 0.270 e. The number of aryl methyl sites for hydroxylation is 2. The molecule has 120 valence electrons. The standard InChI is InChI=1S/C13H18N2O2.2C2H6/c1-8-4-5-11(14-10(8)3)13(16)15-12-7-17-6-9(12)2;2*1-2/h4-5,9,12H,6-7H2,1-3H3,(H,15,16);2*1-2H3. The van der Waals surface area contributed by atoms with Crippen LogP contribution in [0.2, 0.25) is 0 Å². The Morgan fingerprint density at radius 3 is 2.29 bits per heavy atom. The van der Waals surface area contributed by atoms with Gasteiger partial charge >= 0.3 is 0 Å². The van der Waals surface area contributed by atoms with E-state index in [0.29, 0.717) is 24.8 Å². The molecule has 1 N–H and O–H groups in total. The fourth-order valence-corrected chi connectivity index (χ4v) is 1.84. The van der Waals surface area contributed by atoms with Crippen LogP contribution in [0.3, 0.4) is 0 Å². The zero-order valence-electron chi connectivity index (χ0n) is 14.5. The Morgan fingerprint density at radius 2 is 1.81 bits per heavy atom. The van der Waals surface area contributed by atoms with Crippen molar-refractivity contribution in [2.24, 2.45) is 5.92 Å². The third-order valence-corrected chi connectivity index (χ3v) is 3.26. The molecule has 0 radical (unpaired) electrons. The van der Waals surface area contributed by atoms with Gasteiger partial charge in [-0.15, -0.1) is 0 Å². The van der Waals surface area contributed by atoms with Crippen LogP contribution in [0, 0.1) is 19.8 Å². The first-order valence-corrected chi connectivity index (χ1v) is 7.91. The van der Waals surface area contributed by atoms with E-state index in [1.165, 1.54) is 0 Å². The number of ether oxygens (including phenoxy) is 1. The van der Waals surface area contributed by atoms with Gasteiger partial charge in [-0.05, 0) is 25.5 Å². The molecule has 2 atom stereocenters. The first kappa shape index (κ1) is 19.6. The molecule has 1 aromatic rings. The van der Waals surface area contributed by atoms with Crippen molar-refractivity contribution in [2.45, 2.75) is 54.5 Å². The number of amides is 1. The van der Waals surface area contributed by atoms with Gasteiger partial charge in [-0.1, -0.05) is 40.7 Å². The molecule has 0 spiro atoms. The molecule has 1 aliphatic rings. The van der Waals surface area contributed by atoms with Crippen LogP contribution in [0.1, 0.15) is 56.4 Å². The van der Waals surface area contributed by atoms with E-state index in [4.69, 9.17) is 4.74 Å². The number of hydrogen-bond acceptors (Lipinski definition) is 3. The largest absolute Gasteiger partial charge is 0.379 e. The van der Waals surface area contributed by atoms with Crippen LogP contribution in [-0.2, 0) is 4.74 Å². The molecule has 1 saturated heterocycles. The Balaban J connectivity index is 0.000000921. The summed E-state index contributed by atoms with van der Waals surface area (Å²) in [6.07, 6.45) is 0. The summed E-state index contributed by atoms with van der Waals surface area (Å²) in [6.45, 7) is 15.3. The van der Waals surface area contributed by atoms with Crippen molar-refractivity contribution in [2.75, 3.05) is 13.2 Å². The van der Waals surface area contributed by atoms with E-state index < -0.39 is 0 Å². The number of nitrogens with zero attached hydrogens (tertiary/aromatic N) is 1. The van der Waals surface area contributed by atoms with Gasteiger partial charge in [0.25, 0.3) is 5.91 Å². The van der Waals surface area contributed by atoms with Gasteiger partial charge in [0.05, 0.1) is 19.3 Å². The van der Waals surface area contributed by atoms with E-state index >= 15 is 0 Å². The summed E-state index contributed by atoms with van der Waals surface area (Å²) in [5.41, 5.74) is 2.47. The Morgan fingerprint density at radius 1 is 1.19 bits per heavy atom. The van der Waals surface area contributed by atoms with Gasteiger partial charge in [0.15, 0.2) is 0 Å². The Labute approximate surface area is 129 Å². The minimum atomic E-state index is -0.115. The van der Waals surface area contributed by atoms with Gasteiger partial charge in [-0.2, -0.15) is 0 Å². The minimum absolute atomic E-state index is 0.103. The number of rotatable bonds is 2. The number of aromatic nitrogens is 1. The van der Waals surface area contributed by atoms with Crippen molar-refractivity contribution in [1.29, 1.82) is 0 Å². The van der Waals surface area contributed by atoms with E-state index in [1.807, 2.05) is 47.6 Å². The van der Waals surface area contributed by atoms with Crippen molar-refractivity contribution in [3.8, 4) is 0 Å². The molecule has 4 nitrogen and oxygen atoms in total. The van der Waals surface area contributed by atoms with E-state index in [1.54, 1.807) is 6.07 Å². The van der Waals surface area contributed by atoms with Gasteiger partial charge in [-0.3, -0.25) is 4.79 Å². The van der Waals surface area contributed by atoms with E-state index in [2.05, 4.69) is 17.2 Å². The smallest absolute Gasteiger partial charge is 0.270 e. The van der Waals surface area contributed by atoms with Crippen LogP contribution in [-0.4, -0.2) is 30.1 Å². The molecule has 0 aromatic carbocycles. The van der Waals surface area contributed by atoms with Crippen molar-refractivity contribution < 1.29 is 9.53 Å². The van der Waals surface area contributed by atoms with E-state index in [-0.39, 0.29) is 11.9 Å². The van der Waals surface area contributed by atoms with Crippen molar-refractivity contribution in [1.82, 2.24) is 10.3 Å². The highest BCUT2D eigenvalue weighted by Crippen LogP contribution is 2.13. The van der Waals surface area contributed by atoms with E-state index in [0.717, 1.165) is 11.3 Å². The highest BCUT2D eigenvalue weighted by Gasteiger charge is 2.26. The molecule has 2 unspecified atom stereocenters. The van der Waals surface area contributed by atoms with Crippen LogP contribution >= 0.6 is 0 Å². The lowest BCUT2D eigenvalue weighted by molar-refractivity contribution is 0.0920. The number of pyridine rings is 1. The molecule has 0 saturated carbocycles. The lowest BCUT2D eigenvalue weighted by Gasteiger charge is -2.15. The van der Waals surface area contributed by atoms with Crippen LogP contribution < -0.4 is 5.32 Å². The number of hydrogen-bond donors (Lipinski definition) is 1. The molecule has 0 aliphatic carbocycles. The molecule has 1 aliphatic heterocycles. The van der Waals surface area contributed by atoms with Gasteiger partial charge < -0.3 is 10.1 Å². The summed E-state index contributed by atoms with van der Waals surface area (Å²) in [7, 11) is 0. The zero-order valence-corrected chi connectivity index (χ0v) is 14.5. The Bertz CT molecular complexity index is 433. The molecular formula is C17H30N2O2. The Kier molecular flexibility index (Phi) is 9.63. The van der Waals surface area contributed by atoms with Gasteiger partial charge in [-0.25, -0.2) is 4.98 Å². The SMILES string of the molecule is CC.CC.Cc1ccc(C(=O)NC2COCC2C)nc1C. The molecular weight excluding hydrogens is 264 g/mol. The third-order valence-electron chi connectivity index (χ3n) is 3.26. The summed E-state index contributed by atoms with van der Waals surface area (Å²) in [4.78, 5) is 16.3. The lowest BCUT2D eigenvalue weighted by atomic mass is 10.1. The molecule has 1 fully saturated rings. The van der Waals surface area contributed by atoms with Crippen molar-refractivity contribution >= 4 is 5.91 Å². The van der Waals surface area contributed by atoms with Crippen molar-refractivity contribution in [3.05, 3.63) is 29.1 Å². The molecule has 2 heterocycles. The lowest BCUT2D eigenvalue weighted by Crippen LogP contribution is -2.39. The summed E-state index contributed by atoms with van der Waals surface area (Å²) in [5.74, 6) is 0.251. The monoisotopic (exact) mass is 294 g/mol. The van der Waals surface area contributed by atoms with E-state index in [9.17, 15) is 4.79 Å². The van der Waals surface area contributed by atoms with Gasteiger partial charge in [0, 0.05) is 11.6 Å². The Hall–Kier alpha value is -1.42. The second-order valence-corrected chi connectivity index (χ2v) is 4.69. The third kappa shape index (κ3) is 5.84. The first-order valence-electron chi connectivity index (χ1n) is 7.91. The van der Waals surface area contributed by atoms with Crippen molar-refractivity contribution in [3.63, 3.8) is 0 Å². The molecule has 1 amide bonds. The minimum Gasteiger partial charge on any atom is -0.379 e. The highest BCUT2D eigenvalue weighted by molar-refractivity contribution is 5.92. The second-order valence-electron chi connectivity index (χ2n) is 4.69. The maximum absolute atomic E-state index is 12.0. The maximum atomic E-state index is 12.0. The molecule has 2 rings (SSSR count). The topological polar surface area (TPSA) is 51.2 Å². The fourth-order valence-electron chi connectivity index (χ4n) is 1.84. The molecule has 4 heteroatoms. The average molecular weight is 294 g/mol. The normalized spacial score (nSPS) is 19.8. The molecule has 0 bridgehead atoms. The average Bonchev–Trinajstić information content (AvgIpc) is 2.91. The summed E-state index contributed by atoms with van der Waals surface area (Å²) >= 11 is 0. The van der Waals surface area contributed by atoms with Crippen LogP contribution in [0.5, 0.6) is 0 Å². The fraction of sp³-hybridized carbons (Fsp3) is 0.647. The number of nitrogens with one attached hydrogen (secondary N) is 1. The van der Waals surface area contributed by atoms with Crippen LogP contribution in [0.25, 0.3) is 0 Å².